The van der Waals surface area contributed by atoms with Crippen molar-refractivity contribution in [2.45, 2.75) is 19.8 Å². The minimum atomic E-state index is 0.588. The van der Waals surface area contributed by atoms with Crippen LogP contribution in [0.1, 0.15) is 19.8 Å². The highest BCUT2D eigenvalue weighted by Crippen LogP contribution is 2.28. The number of hydrogen-bond donors (Lipinski definition) is 1. The van der Waals surface area contributed by atoms with E-state index < -0.39 is 0 Å². The standard InChI is InChI=1S/C14H18N2/c1-3-15-10-12-4-6-13(7-5-12)14-8-9-16-11(14)2/h3-4,6-7,9,12,15H,1,5,8,10H2,2H3. The molecule has 1 unspecified atom stereocenters. The fourth-order valence-corrected chi connectivity index (χ4v) is 2.10. The molecule has 0 aromatic carbocycles. The van der Waals surface area contributed by atoms with Crippen molar-refractivity contribution in [1.29, 1.82) is 0 Å². The molecule has 0 amide bonds. The van der Waals surface area contributed by atoms with Crippen molar-refractivity contribution in [3.63, 3.8) is 0 Å². The van der Waals surface area contributed by atoms with Gasteiger partial charge in [0.05, 0.1) is 0 Å². The van der Waals surface area contributed by atoms with Crippen LogP contribution in [0.15, 0.2) is 52.8 Å². The Kier molecular flexibility index (Phi) is 3.40. The lowest BCUT2D eigenvalue weighted by Gasteiger charge is -2.17. The van der Waals surface area contributed by atoms with E-state index in [0.717, 1.165) is 19.4 Å². The third-order valence-electron chi connectivity index (χ3n) is 3.08. The number of nitrogens with zero attached hydrogens (tertiary/aromatic N) is 1. The zero-order valence-corrected chi connectivity index (χ0v) is 9.74. The molecule has 0 aromatic rings. The molecule has 0 bridgehead atoms. The normalized spacial score (nSPS) is 23.6. The summed E-state index contributed by atoms with van der Waals surface area (Å²) in [5, 5.41) is 3.16. The molecule has 2 heteroatoms. The summed E-state index contributed by atoms with van der Waals surface area (Å²) in [6, 6.07) is 0. The zero-order chi connectivity index (χ0) is 11.4. The van der Waals surface area contributed by atoms with Gasteiger partial charge in [-0.1, -0.05) is 24.8 Å². The van der Waals surface area contributed by atoms with Gasteiger partial charge in [0.25, 0.3) is 0 Å². The largest absolute Gasteiger partial charge is 0.391 e. The summed E-state index contributed by atoms with van der Waals surface area (Å²) in [6.07, 6.45) is 12.7. The Morgan fingerprint density at radius 2 is 2.50 bits per heavy atom. The van der Waals surface area contributed by atoms with E-state index in [4.69, 9.17) is 0 Å². The molecule has 0 saturated carbocycles. The molecular formula is C14H18N2. The van der Waals surface area contributed by atoms with E-state index in [1.807, 2.05) is 6.21 Å². The van der Waals surface area contributed by atoms with E-state index in [-0.39, 0.29) is 0 Å². The molecule has 84 valence electrons. The molecule has 1 N–H and O–H groups in total. The van der Waals surface area contributed by atoms with Crippen LogP contribution in [0.3, 0.4) is 0 Å². The summed E-state index contributed by atoms with van der Waals surface area (Å²) in [4.78, 5) is 4.32. The Balaban J connectivity index is 1.97. The Morgan fingerprint density at radius 1 is 1.62 bits per heavy atom. The third-order valence-corrected chi connectivity index (χ3v) is 3.08. The molecule has 2 rings (SSSR count). The van der Waals surface area contributed by atoms with Gasteiger partial charge in [0.1, 0.15) is 0 Å². The van der Waals surface area contributed by atoms with Crippen molar-refractivity contribution < 1.29 is 0 Å². The van der Waals surface area contributed by atoms with Gasteiger partial charge in [-0.25, -0.2) is 0 Å². The number of nitrogens with one attached hydrogen (secondary N) is 1. The first-order valence-corrected chi connectivity index (χ1v) is 5.76. The van der Waals surface area contributed by atoms with E-state index in [9.17, 15) is 0 Å². The maximum atomic E-state index is 4.32. The van der Waals surface area contributed by atoms with Crippen LogP contribution < -0.4 is 5.32 Å². The van der Waals surface area contributed by atoms with Crippen LogP contribution in [0.5, 0.6) is 0 Å². The summed E-state index contributed by atoms with van der Waals surface area (Å²) in [5.74, 6) is 0.588. The highest BCUT2D eigenvalue weighted by atomic mass is 14.8. The fraction of sp³-hybridized carbons (Fsp3) is 0.357. The van der Waals surface area contributed by atoms with Crippen LogP contribution in [0, 0.1) is 5.92 Å². The van der Waals surface area contributed by atoms with Gasteiger partial charge in [0.2, 0.25) is 0 Å². The molecule has 1 atom stereocenters. The SMILES string of the molecule is C=CNCC1C=CC(C2=C(C)N=CC2)=CC1. The summed E-state index contributed by atoms with van der Waals surface area (Å²) >= 11 is 0. The lowest BCUT2D eigenvalue weighted by Crippen LogP contribution is -2.17. The monoisotopic (exact) mass is 214 g/mol. The topological polar surface area (TPSA) is 24.4 Å². The molecule has 2 aliphatic rings. The fourth-order valence-electron chi connectivity index (χ4n) is 2.10. The van der Waals surface area contributed by atoms with Crippen molar-refractivity contribution in [3.05, 3.63) is 47.9 Å². The van der Waals surface area contributed by atoms with Crippen molar-refractivity contribution >= 4 is 6.21 Å². The third kappa shape index (κ3) is 2.32. The molecule has 16 heavy (non-hydrogen) atoms. The quantitative estimate of drug-likeness (QED) is 0.764. The molecule has 0 spiro atoms. The average Bonchev–Trinajstić information content (AvgIpc) is 2.74. The minimum Gasteiger partial charge on any atom is -0.391 e. The molecule has 1 heterocycles. The van der Waals surface area contributed by atoms with Crippen LogP contribution in [0.2, 0.25) is 0 Å². The molecular weight excluding hydrogens is 196 g/mol. The van der Waals surface area contributed by atoms with Crippen LogP contribution in [0.25, 0.3) is 0 Å². The molecule has 1 aliphatic heterocycles. The predicted octanol–water partition coefficient (Wildman–Crippen LogP) is 2.97. The molecule has 0 aromatic heterocycles. The van der Waals surface area contributed by atoms with E-state index in [1.54, 1.807) is 6.20 Å². The Labute approximate surface area is 97.2 Å². The number of aliphatic imine (C=N–C) groups is 1. The van der Waals surface area contributed by atoms with Gasteiger partial charge in [0, 0.05) is 24.9 Å². The van der Waals surface area contributed by atoms with E-state index in [2.05, 4.69) is 42.0 Å². The van der Waals surface area contributed by atoms with E-state index in [0.29, 0.717) is 5.92 Å². The van der Waals surface area contributed by atoms with Crippen molar-refractivity contribution in [2.24, 2.45) is 10.9 Å². The summed E-state index contributed by atoms with van der Waals surface area (Å²) in [7, 11) is 0. The maximum Gasteiger partial charge on any atom is 0.0410 e. The van der Waals surface area contributed by atoms with Gasteiger partial charge in [-0.2, -0.15) is 0 Å². The lowest BCUT2D eigenvalue weighted by molar-refractivity contribution is 0.616. The van der Waals surface area contributed by atoms with Gasteiger partial charge in [-0.3, -0.25) is 4.99 Å². The second kappa shape index (κ2) is 4.97. The van der Waals surface area contributed by atoms with Crippen LogP contribution in [-0.2, 0) is 0 Å². The van der Waals surface area contributed by atoms with Gasteiger partial charge in [-0.15, -0.1) is 0 Å². The van der Waals surface area contributed by atoms with Crippen LogP contribution in [-0.4, -0.2) is 12.8 Å². The first-order chi connectivity index (χ1) is 7.81. The Morgan fingerprint density at radius 3 is 3.06 bits per heavy atom. The summed E-state index contributed by atoms with van der Waals surface area (Å²) in [6.45, 7) is 6.71. The van der Waals surface area contributed by atoms with Gasteiger partial charge in [0.15, 0.2) is 0 Å². The first-order valence-electron chi connectivity index (χ1n) is 5.76. The second-order valence-corrected chi connectivity index (χ2v) is 4.21. The molecule has 1 aliphatic carbocycles. The molecule has 2 nitrogen and oxygen atoms in total. The van der Waals surface area contributed by atoms with Crippen molar-refractivity contribution in [1.82, 2.24) is 5.32 Å². The maximum absolute atomic E-state index is 4.32. The summed E-state index contributed by atoms with van der Waals surface area (Å²) in [5.41, 5.74) is 3.90. The second-order valence-electron chi connectivity index (χ2n) is 4.21. The van der Waals surface area contributed by atoms with Crippen molar-refractivity contribution in [2.75, 3.05) is 6.54 Å². The predicted molar refractivity (Wildman–Crippen MR) is 69.3 cm³/mol. The molecule has 0 fully saturated rings. The van der Waals surface area contributed by atoms with Gasteiger partial charge in [-0.05, 0) is 36.6 Å². The zero-order valence-electron chi connectivity index (χ0n) is 9.74. The van der Waals surface area contributed by atoms with E-state index >= 15 is 0 Å². The van der Waals surface area contributed by atoms with Crippen molar-refractivity contribution in [3.8, 4) is 0 Å². The summed E-state index contributed by atoms with van der Waals surface area (Å²) < 4.78 is 0. The van der Waals surface area contributed by atoms with Gasteiger partial charge >= 0.3 is 0 Å². The number of allylic oxidation sites excluding steroid dienone is 5. The van der Waals surface area contributed by atoms with Gasteiger partial charge < -0.3 is 5.32 Å². The smallest absolute Gasteiger partial charge is 0.0410 e. The number of rotatable bonds is 4. The first kappa shape index (κ1) is 10.9. The highest BCUT2D eigenvalue weighted by molar-refractivity contribution is 5.71. The van der Waals surface area contributed by atoms with Crippen LogP contribution in [0.4, 0.5) is 0 Å². The van der Waals surface area contributed by atoms with Crippen LogP contribution >= 0.6 is 0 Å². The molecule has 0 radical (unpaired) electrons. The lowest BCUT2D eigenvalue weighted by atomic mass is 9.91. The number of hydrogen-bond acceptors (Lipinski definition) is 2. The highest BCUT2D eigenvalue weighted by Gasteiger charge is 2.14. The average molecular weight is 214 g/mol. The minimum absolute atomic E-state index is 0.588. The Bertz CT molecular complexity index is 397. The Hall–Kier alpha value is -1.57. The van der Waals surface area contributed by atoms with E-state index in [1.165, 1.54) is 16.8 Å². The molecule has 0 saturated heterocycles.